The zero-order valence-corrected chi connectivity index (χ0v) is 10.1. The van der Waals surface area contributed by atoms with Crippen molar-refractivity contribution in [3.8, 4) is 0 Å². The van der Waals surface area contributed by atoms with Gasteiger partial charge in [-0.2, -0.15) is 0 Å². The molecule has 0 fully saturated rings. The average Bonchev–Trinajstić information content (AvgIpc) is 2.46. The van der Waals surface area contributed by atoms with Crippen molar-refractivity contribution in [1.29, 1.82) is 0 Å². The number of carbonyl (C=O) groups is 1. The molecule has 0 saturated heterocycles. The Labute approximate surface area is 110 Å². The SMILES string of the molecule is O=C(O)C(O)OC(c1ccccc1)c1ccccc1. The van der Waals surface area contributed by atoms with Gasteiger partial charge in [0.15, 0.2) is 0 Å². The molecule has 1 atom stereocenters. The van der Waals surface area contributed by atoms with Gasteiger partial charge in [0.2, 0.25) is 0 Å². The highest BCUT2D eigenvalue weighted by atomic mass is 16.6. The molecule has 4 heteroatoms. The van der Waals surface area contributed by atoms with E-state index in [1.165, 1.54) is 0 Å². The predicted octanol–water partition coefficient (Wildman–Crippen LogP) is 2.20. The molecule has 0 heterocycles. The van der Waals surface area contributed by atoms with Crippen LogP contribution in [0.5, 0.6) is 0 Å². The van der Waals surface area contributed by atoms with Gasteiger partial charge in [-0.15, -0.1) is 0 Å². The Hall–Kier alpha value is -2.17. The summed E-state index contributed by atoms with van der Waals surface area (Å²) in [5.41, 5.74) is 1.57. The number of aliphatic hydroxyl groups is 1. The van der Waals surface area contributed by atoms with Crippen molar-refractivity contribution in [2.45, 2.75) is 12.4 Å². The van der Waals surface area contributed by atoms with Crippen LogP contribution in [0.4, 0.5) is 0 Å². The Morgan fingerprint density at radius 2 is 1.32 bits per heavy atom. The molecule has 19 heavy (non-hydrogen) atoms. The van der Waals surface area contributed by atoms with Crippen LogP contribution in [0.25, 0.3) is 0 Å². The number of carboxylic acids is 1. The van der Waals surface area contributed by atoms with E-state index in [-0.39, 0.29) is 0 Å². The van der Waals surface area contributed by atoms with Crippen molar-refractivity contribution in [2.75, 3.05) is 0 Å². The first kappa shape index (κ1) is 13.3. The van der Waals surface area contributed by atoms with Crippen LogP contribution < -0.4 is 0 Å². The van der Waals surface area contributed by atoms with Crippen molar-refractivity contribution in [2.24, 2.45) is 0 Å². The molecular weight excluding hydrogens is 244 g/mol. The van der Waals surface area contributed by atoms with Gasteiger partial charge in [0.05, 0.1) is 0 Å². The van der Waals surface area contributed by atoms with Gasteiger partial charge in [0.1, 0.15) is 6.10 Å². The monoisotopic (exact) mass is 258 g/mol. The third-order valence-electron chi connectivity index (χ3n) is 2.68. The van der Waals surface area contributed by atoms with Gasteiger partial charge in [0, 0.05) is 0 Å². The van der Waals surface area contributed by atoms with Crippen LogP contribution in [0.2, 0.25) is 0 Å². The number of benzene rings is 2. The highest BCUT2D eigenvalue weighted by molar-refractivity contribution is 5.70. The Bertz CT molecular complexity index is 485. The lowest BCUT2D eigenvalue weighted by molar-refractivity contribution is -0.183. The molecule has 2 aromatic carbocycles. The second kappa shape index (κ2) is 6.13. The Morgan fingerprint density at radius 3 is 1.68 bits per heavy atom. The minimum absolute atomic E-state index is 0.617. The molecule has 4 nitrogen and oxygen atoms in total. The van der Waals surface area contributed by atoms with E-state index in [0.29, 0.717) is 0 Å². The van der Waals surface area contributed by atoms with Gasteiger partial charge < -0.3 is 14.9 Å². The molecular formula is C15H14O4. The predicted molar refractivity (Wildman–Crippen MR) is 69.5 cm³/mol. The molecule has 2 aromatic rings. The van der Waals surface area contributed by atoms with Gasteiger partial charge in [0.25, 0.3) is 6.29 Å². The summed E-state index contributed by atoms with van der Waals surface area (Å²) in [6.07, 6.45) is -2.47. The number of hydrogen-bond donors (Lipinski definition) is 2. The summed E-state index contributed by atoms with van der Waals surface area (Å²) in [5, 5.41) is 18.1. The third kappa shape index (κ3) is 3.40. The minimum Gasteiger partial charge on any atom is -0.477 e. The van der Waals surface area contributed by atoms with Crippen LogP contribution in [-0.2, 0) is 9.53 Å². The van der Waals surface area contributed by atoms with Crippen molar-refractivity contribution < 1.29 is 19.7 Å². The summed E-state index contributed by atoms with van der Waals surface area (Å²) in [6, 6.07) is 18.4. The molecule has 0 spiro atoms. The first-order valence-corrected chi connectivity index (χ1v) is 5.84. The molecule has 2 rings (SSSR count). The number of carboxylic acid groups (broad SMARTS) is 1. The van der Waals surface area contributed by atoms with Crippen LogP contribution in [0.1, 0.15) is 17.2 Å². The van der Waals surface area contributed by atoms with Crippen LogP contribution in [0.3, 0.4) is 0 Å². The lowest BCUT2D eigenvalue weighted by Crippen LogP contribution is -2.25. The summed E-state index contributed by atoms with van der Waals surface area (Å²) < 4.78 is 5.24. The van der Waals surface area contributed by atoms with Crippen molar-refractivity contribution in [3.63, 3.8) is 0 Å². The molecule has 0 radical (unpaired) electrons. The summed E-state index contributed by atoms with van der Waals surface area (Å²) in [5.74, 6) is -1.41. The maximum absolute atomic E-state index is 10.7. The first-order valence-electron chi connectivity index (χ1n) is 5.84. The number of rotatable bonds is 5. The van der Waals surface area contributed by atoms with Crippen molar-refractivity contribution in [3.05, 3.63) is 71.8 Å². The smallest absolute Gasteiger partial charge is 0.360 e. The number of hydrogen-bond acceptors (Lipinski definition) is 3. The van der Waals surface area contributed by atoms with Gasteiger partial charge in [-0.05, 0) is 11.1 Å². The molecule has 1 unspecified atom stereocenters. The lowest BCUT2D eigenvalue weighted by Gasteiger charge is -2.20. The highest BCUT2D eigenvalue weighted by Crippen LogP contribution is 2.26. The van der Waals surface area contributed by atoms with Crippen molar-refractivity contribution in [1.82, 2.24) is 0 Å². The van der Waals surface area contributed by atoms with E-state index >= 15 is 0 Å². The fourth-order valence-electron chi connectivity index (χ4n) is 1.79. The zero-order valence-electron chi connectivity index (χ0n) is 10.1. The van der Waals surface area contributed by atoms with E-state index in [2.05, 4.69) is 0 Å². The van der Waals surface area contributed by atoms with Gasteiger partial charge >= 0.3 is 5.97 Å². The van der Waals surface area contributed by atoms with Crippen LogP contribution >= 0.6 is 0 Å². The summed E-state index contributed by atoms with van der Waals surface area (Å²) in [4.78, 5) is 10.7. The number of ether oxygens (including phenoxy) is 1. The molecule has 2 N–H and O–H groups in total. The fraction of sp³-hybridized carbons (Fsp3) is 0.133. The molecule has 0 amide bonds. The molecule has 0 aliphatic rings. The third-order valence-corrected chi connectivity index (χ3v) is 2.68. The molecule has 0 aliphatic heterocycles. The topological polar surface area (TPSA) is 66.8 Å². The summed E-state index contributed by atoms with van der Waals surface area (Å²) in [6.45, 7) is 0. The normalized spacial score (nSPS) is 12.3. The molecule has 0 bridgehead atoms. The number of aliphatic hydroxyl groups excluding tert-OH is 1. The van der Waals surface area contributed by atoms with Crippen molar-refractivity contribution >= 4 is 5.97 Å². The van der Waals surface area contributed by atoms with E-state index in [4.69, 9.17) is 9.84 Å². The molecule has 98 valence electrons. The quantitative estimate of drug-likeness (QED) is 0.807. The standard InChI is InChI=1S/C15H14O4/c16-14(17)15(18)19-13(11-7-3-1-4-8-11)12-9-5-2-6-10-12/h1-10,13,15,18H,(H,16,17). The fourth-order valence-corrected chi connectivity index (χ4v) is 1.79. The molecule has 0 saturated carbocycles. The average molecular weight is 258 g/mol. The minimum atomic E-state index is -1.86. The van der Waals surface area contributed by atoms with Crippen LogP contribution in [0, 0.1) is 0 Å². The van der Waals surface area contributed by atoms with E-state index in [0.717, 1.165) is 11.1 Å². The van der Waals surface area contributed by atoms with E-state index in [9.17, 15) is 9.90 Å². The lowest BCUT2D eigenvalue weighted by atomic mass is 10.0. The van der Waals surface area contributed by atoms with Crippen LogP contribution in [-0.4, -0.2) is 22.5 Å². The van der Waals surface area contributed by atoms with Crippen LogP contribution in [0.15, 0.2) is 60.7 Å². The van der Waals surface area contributed by atoms with E-state index < -0.39 is 18.4 Å². The highest BCUT2D eigenvalue weighted by Gasteiger charge is 2.22. The second-order valence-electron chi connectivity index (χ2n) is 4.03. The second-order valence-corrected chi connectivity index (χ2v) is 4.03. The largest absolute Gasteiger partial charge is 0.477 e. The Morgan fingerprint density at radius 1 is 0.895 bits per heavy atom. The maximum atomic E-state index is 10.7. The zero-order chi connectivity index (χ0) is 13.7. The Kier molecular flexibility index (Phi) is 4.28. The number of aliphatic carboxylic acids is 1. The summed E-state index contributed by atoms with van der Waals surface area (Å²) in [7, 11) is 0. The maximum Gasteiger partial charge on any atom is 0.360 e. The Balaban J connectivity index is 2.32. The molecule has 0 aromatic heterocycles. The van der Waals surface area contributed by atoms with Gasteiger partial charge in [-0.1, -0.05) is 60.7 Å². The van der Waals surface area contributed by atoms with E-state index in [1.807, 2.05) is 60.7 Å². The first-order chi connectivity index (χ1) is 9.18. The van der Waals surface area contributed by atoms with Gasteiger partial charge in [-0.25, -0.2) is 4.79 Å². The van der Waals surface area contributed by atoms with Gasteiger partial charge in [-0.3, -0.25) is 0 Å². The molecule has 0 aliphatic carbocycles. The summed E-state index contributed by atoms with van der Waals surface area (Å²) >= 11 is 0. The van der Waals surface area contributed by atoms with E-state index in [1.54, 1.807) is 0 Å².